The summed E-state index contributed by atoms with van der Waals surface area (Å²) in [6, 6.07) is 49.2. The van der Waals surface area contributed by atoms with E-state index < -0.39 is 8.07 Å². The number of nitrogens with zero attached hydrogens (tertiary/aromatic N) is 5. The van der Waals surface area contributed by atoms with Crippen molar-refractivity contribution in [2.75, 3.05) is 0 Å². The first kappa shape index (κ1) is 32.3. The van der Waals surface area contributed by atoms with E-state index in [2.05, 4.69) is 94.0 Å². The summed E-state index contributed by atoms with van der Waals surface area (Å²) in [5, 5.41) is 13.4. The van der Waals surface area contributed by atoms with Gasteiger partial charge < -0.3 is 14.0 Å². The van der Waals surface area contributed by atoms with E-state index in [0.717, 1.165) is 66.7 Å². The van der Waals surface area contributed by atoms with Gasteiger partial charge in [-0.25, -0.2) is 0 Å². The summed E-state index contributed by atoms with van der Waals surface area (Å²) in [6.45, 7) is 7.05. The molecule has 0 amide bonds. The Balaban J connectivity index is 0.000000246. The van der Waals surface area contributed by atoms with Gasteiger partial charge in [0.15, 0.2) is 5.65 Å². The Bertz CT molecular complexity index is 2510. The Kier molecular flexibility index (Phi) is 8.78. The van der Waals surface area contributed by atoms with Crippen LogP contribution >= 0.6 is 0 Å². The molecule has 1 radical (unpaired) electrons. The minimum atomic E-state index is -1.48. The summed E-state index contributed by atoms with van der Waals surface area (Å²) in [7, 11) is -1.48. The van der Waals surface area contributed by atoms with Crippen LogP contribution in [0.25, 0.3) is 72.3 Å². The number of pyridine rings is 1. The molecule has 0 fully saturated rings. The Morgan fingerprint density at radius 3 is 2.27 bits per heavy atom. The van der Waals surface area contributed by atoms with Gasteiger partial charge in [0, 0.05) is 42.8 Å². The number of fused-ring (bicyclic) bond motifs is 6. The summed E-state index contributed by atoms with van der Waals surface area (Å²) in [6.07, 6.45) is 1.79. The molecule has 5 aromatic carbocycles. The SMILES string of the molecule is C[Si](C)(C)c1ccc2c(c1)oc1c(-c3nc4nnc5ccccc5c4n3-c3ccccc3)[c-]ccc12.[Ir].[c-]1ccccc1-c1ccccn1. The van der Waals surface area contributed by atoms with Crippen LogP contribution in [0.4, 0.5) is 0 Å². The van der Waals surface area contributed by atoms with E-state index in [9.17, 15) is 0 Å². The maximum atomic E-state index is 6.55. The van der Waals surface area contributed by atoms with E-state index in [1.54, 1.807) is 6.20 Å². The van der Waals surface area contributed by atoms with Gasteiger partial charge in [0.25, 0.3) is 0 Å². The molecule has 9 rings (SSSR count). The average molecular weight is 830 g/mol. The minimum Gasteiger partial charge on any atom is -0.501 e. The average Bonchev–Trinajstić information content (AvgIpc) is 3.71. The van der Waals surface area contributed by atoms with Crippen molar-refractivity contribution in [3.8, 4) is 28.3 Å². The molecule has 8 heteroatoms. The monoisotopic (exact) mass is 830 g/mol. The molecule has 0 aliphatic heterocycles. The fourth-order valence-electron chi connectivity index (χ4n) is 6.03. The van der Waals surface area contributed by atoms with Crippen molar-refractivity contribution in [2.24, 2.45) is 0 Å². The summed E-state index contributed by atoms with van der Waals surface area (Å²) in [5.41, 5.74) is 7.84. The zero-order valence-corrected chi connectivity index (χ0v) is 30.6. The van der Waals surface area contributed by atoms with Gasteiger partial charge in [0.05, 0.1) is 30.5 Å². The van der Waals surface area contributed by atoms with Gasteiger partial charge >= 0.3 is 0 Å². The number of furan rings is 1. The standard InChI is InChI=1S/C30H23N4OSi.C11H8N.Ir/c1-36(2,3)20-16-17-21-22-13-9-14-24(28(22)35-26(21)18-20)30-31-29-27(34(30)19-10-5-4-6-11-19)23-12-7-8-15-25(23)32-33-29;1-2-6-10(7-3-1)11-8-4-5-9-12-11;/h4-13,15-18H,1-3H3;1-6,8-9H;/q2*-1;. The van der Waals surface area contributed by atoms with Crippen molar-refractivity contribution in [3.05, 3.63) is 146 Å². The predicted octanol–water partition coefficient (Wildman–Crippen LogP) is 9.43. The molecule has 4 heterocycles. The number of para-hydroxylation sites is 1. The van der Waals surface area contributed by atoms with E-state index in [1.165, 1.54) is 5.19 Å². The van der Waals surface area contributed by atoms with Crippen LogP contribution in [-0.4, -0.2) is 32.8 Å². The van der Waals surface area contributed by atoms with Crippen molar-refractivity contribution in [3.63, 3.8) is 0 Å². The van der Waals surface area contributed by atoms with Crippen molar-refractivity contribution < 1.29 is 24.5 Å². The molecule has 0 N–H and O–H groups in total. The number of hydrogen-bond acceptors (Lipinski definition) is 5. The number of aromatic nitrogens is 5. The van der Waals surface area contributed by atoms with Crippen LogP contribution in [0.1, 0.15) is 0 Å². The molecule has 0 saturated carbocycles. The number of imidazole rings is 1. The molecule has 0 atom stereocenters. The third-order valence-electron chi connectivity index (χ3n) is 8.46. The number of rotatable bonds is 4. The topological polar surface area (TPSA) is 69.6 Å². The van der Waals surface area contributed by atoms with Crippen molar-refractivity contribution >= 4 is 57.3 Å². The second kappa shape index (κ2) is 13.3. The van der Waals surface area contributed by atoms with Crippen molar-refractivity contribution in [2.45, 2.75) is 19.6 Å². The van der Waals surface area contributed by atoms with Gasteiger partial charge in [-0.15, -0.1) is 64.3 Å². The molecule has 241 valence electrons. The van der Waals surface area contributed by atoms with Crippen molar-refractivity contribution in [1.29, 1.82) is 0 Å². The molecule has 0 aliphatic carbocycles. The maximum Gasteiger partial charge on any atom is 0.191 e. The first-order valence-corrected chi connectivity index (χ1v) is 19.4. The molecule has 9 aromatic rings. The Morgan fingerprint density at radius 1 is 0.694 bits per heavy atom. The van der Waals surface area contributed by atoms with E-state index >= 15 is 0 Å². The third kappa shape index (κ3) is 6.11. The Labute approximate surface area is 298 Å². The first-order valence-electron chi connectivity index (χ1n) is 15.9. The second-order valence-corrected chi connectivity index (χ2v) is 17.7. The van der Waals surface area contributed by atoms with Crippen LogP contribution < -0.4 is 5.19 Å². The van der Waals surface area contributed by atoms with Crippen LogP contribution in [0.5, 0.6) is 0 Å². The minimum absolute atomic E-state index is 0. The molecule has 0 bridgehead atoms. The Morgan fingerprint density at radius 2 is 1.49 bits per heavy atom. The van der Waals surface area contributed by atoms with Crippen LogP contribution in [0.15, 0.2) is 138 Å². The molecular formula is C41H31IrN5OSi-2. The molecule has 49 heavy (non-hydrogen) atoms. The molecule has 0 unspecified atom stereocenters. The first-order chi connectivity index (χ1) is 23.5. The van der Waals surface area contributed by atoms with Crippen molar-refractivity contribution in [1.82, 2.24) is 24.7 Å². The molecule has 0 aliphatic rings. The molecular weight excluding hydrogens is 799 g/mol. The van der Waals surface area contributed by atoms with E-state index in [0.29, 0.717) is 5.65 Å². The summed E-state index contributed by atoms with van der Waals surface area (Å²) < 4.78 is 8.70. The summed E-state index contributed by atoms with van der Waals surface area (Å²) in [5.74, 6) is 0.733. The second-order valence-electron chi connectivity index (χ2n) is 12.6. The predicted molar refractivity (Wildman–Crippen MR) is 197 cm³/mol. The molecule has 0 saturated heterocycles. The van der Waals surface area contributed by atoms with Gasteiger partial charge in [-0.1, -0.05) is 96.4 Å². The van der Waals surface area contributed by atoms with Gasteiger partial charge in [-0.05, 0) is 36.0 Å². The van der Waals surface area contributed by atoms with Crippen LogP contribution in [0.2, 0.25) is 19.6 Å². The third-order valence-corrected chi connectivity index (χ3v) is 10.5. The van der Waals surface area contributed by atoms with Crippen LogP contribution in [-0.2, 0) is 20.1 Å². The zero-order chi connectivity index (χ0) is 32.7. The molecule has 4 aromatic heterocycles. The zero-order valence-electron chi connectivity index (χ0n) is 27.2. The van der Waals surface area contributed by atoms with E-state index in [1.807, 2.05) is 84.9 Å². The fourth-order valence-corrected chi connectivity index (χ4v) is 7.17. The number of benzene rings is 5. The van der Waals surface area contributed by atoms with E-state index in [-0.39, 0.29) is 20.1 Å². The van der Waals surface area contributed by atoms with E-state index in [4.69, 9.17) is 9.40 Å². The number of hydrogen-bond donors (Lipinski definition) is 0. The maximum absolute atomic E-state index is 6.55. The fraction of sp³-hybridized carbons (Fsp3) is 0.0732. The van der Waals surface area contributed by atoms with Gasteiger partial charge in [0.2, 0.25) is 0 Å². The van der Waals surface area contributed by atoms with Crippen LogP contribution in [0, 0.1) is 12.1 Å². The van der Waals surface area contributed by atoms with Crippen LogP contribution in [0.3, 0.4) is 0 Å². The molecule has 6 nitrogen and oxygen atoms in total. The Hall–Kier alpha value is -5.27. The summed E-state index contributed by atoms with van der Waals surface area (Å²) >= 11 is 0. The normalized spacial score (nSPS) is 11.4. The summed E-state index contributed by atoms with van der Waals surface area (Å²) in [4.78, 5) is 9.21. The smallest absolute Gasteiger partial charge is 0.191 e. The molecule has 0 spiro atoms. The quantitative estimate of drug-likeness (QED) is 0.131. The van der Waals surface area contributed by atoms with Gasteiger partial charge in [0.1, 0.15) is 5.58 Å². The van der Waals surface area contributed by atoms with Gasteiger partial charge in [-0.2, -0.15) is 0 Å². The van der Waals surface area contributed by atoms with Gasteiger partial charge in [-0.3, -0.25) is 4.98 Å². The largest absolute Gasteiger partial charge is 0.501 e.